The summed E-state index contributed by atoms with van der Waals surface area (Å²) in [4.78, 5) is 27.9. The van der Waals surface area contributed by atoms with Crippen LogP contribution in [0.15, 0.2) is 48.7 Å². The molecule has 1 heterocycles. The van der Waals surface area contributed by atoms with E-state index >= 15 is 0 Å². The number of aryl methyl sites for hydroxylation is 1. The molecule has 19 heavy (non-hydrogen) atoms. The third-order valence-electron chi connectivity index (χ3n) is 2.95. The Kier molecular flexibility index (Phi) is 4.18. The van der Waals surface area contributed by atoms with Crippen LogP contribution in [0.5, 0.6) is 0 Å². The second-order valence-electron chi connectivity index (χ2n) is 4.38. The first-order valence-corrected chi connectivity index (χ1v) is 6.21. The van der Waals surface area contributed by atoms with E-state index in [2.05, 4.69) is 4.98 Å². The lowest BCUT2D eigenvalue weighted by atomic mass is 10.0. The quantitative estimate of drug-likeness (QED) is 0.768. The maximum absolute atomic E-state index is 12.0. The molecule has 0 N–H and O–H groups in total. The lowest BCUT2D eigenvalue weighted by molar-refractivity contribution is 0.0914. The smallest absolute Gasteiger partial charge is 0.181 e. The van der Waals surface area contributed by atoms with Crippen LogP contribution in [0, 0.1) is 6.92 Å². The highest BCUT2D eigenvalue weighted by Crippen LogP contribution is 2.10. The van der Waals surface area contributed by atoms with Crippen LogP contribution in [0.3, 0.4) is 0 Å². The third-order valence-corrected chi connectivity index (χ3v) is 2.95. The van der Waals surface area contributed by atoms with E-state index in [1.54, 1.807) is 24.4 Å². The summed E-state index contributed by atoms with van der Waals surface area (Å²) in [7, 11) is 0. The minimum absolute atomic E-state index is 0.0115. The summed E-state index contributed by atoms with van der Waals surface area (Å²) in [6.07, 6.45) is 2.02. The number of pyridine rings is 1. The van der Waals surface area contributed by atoms with E-state index in [1.165, 1.54) is 0 Å². The molecule has 0 fully saturated rings. The van der Waals surface area contributed by atoms with Gasteiger partial charge in [-0.25, -0.2) is 0 Å². The number of rotatable bonds is 5. The van der Waals surface area contributed by atoms with E-state index < -0.39 is 0 Å². The Bertz CT molecular complexity index is 591. The molecule has 1 aromatic heterocycles. The molecular weight excluding hydrogens is 238 g/mol. The molecule has 96 valence electrons. The van der Waals surface area contributed by atoms with Crippen LogP contribution in [0.25, 0.3) is 0 Å². The zero-order valence-electron chi connectivity index (χ0n) is 10.8. The lowest BCUT2D eigenvalue weighted by Gasteiger charge is -2.03. The summed E-state index contributed by atoms with van der Waals surface area (Å²) in [5.74, 6) is -0.0927. The van der Waals surface area contributed by atoms with Gasteiger partial charge in [0.15, 0.2) is 11.6 Å². The van der Waals surface area contributed by atoms with Crippen LogP contribution < -0.4 is 0 Å². The molecule has 1 aromatic carbocycles. The van der Waals surface area contributed by atoms with Crippen molar-refractivity contribution in [2.75, 3.05) is 0 Å². The normalized spacial score (nSPS) is 10.2. The van der Waals surface area contributed by atoms with Crippen LogP contribution in [-0.2, 0) is 0 Å². The van der Waals surface area contributed by atoms with E-state index in [1.807, 2.05) is 31.2 Å². The molecule has 3 nitrogen and oxygen atoms in total. The molecule has 0 spiro atoms. The van der Waals surface area contributed by atoms with Gasteiger partial charge < -0.3 is 0 Å². The lowest BCUT2D eigenvalue weighted by Crippen LogP contribution is -2.08. The Morgan fingerprint density at radius 1 is 0.947 bits per heavy atom. The van der Waals surface area contributed by atoms with Gasteiger partial charge in [-0.3, -0.25) is 14.6 Å². The van der Waals surface area contributed by atoms with E-state index in [0.29, 0.717) is 11.3 Å². The number of hydrogen-bond donors (Lipinski definition) is 0. The average molecular weight is 253 g/mol. The van der Waals surface area contributed by atoms with E-state index in [9.17, 15) is 9.59 Å². The van der Waals surface area contributed by atoms with Crippen molar-refractivity contribution in [3.8, 4) is 0 Å². The van der Waals surface area contributed by atoms with Crippen molar-refractivity contribution in [3.63, 3.8) is 0 Å². The standard InChI is InChI=1S/C16H15NO2/c1-12-6-5-11-17-16(12)15(19)10-9-14(18)13-7-3-2-4-8-13/h2-8,11H,9-10H2,1H3. The SMILES string of the molecule is Cc1cccnc1C(=O)CCC(=O)c1ccccc1. The molecule has 0 amide bonds. The number of hydrogen-bond acceptors (Lipinski definition) is 3. The molecule has 3 heteroatoms. The Labute approximate surface area is 112 Å². The first-order valence-electron chi connectivity index (χ1n) is 6.21. The maximum Gasteiger partial charge on any atom is 0.181 e. The van der Waals surface area contributed by atoms with Gasteiger partial charge in [-0.15, -0.1) is 0 Å². The van der Waals surface area contributed by atoms with Crippen molar-refractivity contribution in [2.24, 2.45) is 0 Å². The summed E-state index contributed by atoms with van der Waals surface area (Å²) in [6.45, 7) is 1.85. The Morgan fingerprint density at radius 2 is 1.63 bits per heavy atom. The zero-order chi connectivity index (χ0) is 13.7. The van der Waals surface area contributed by atoms with Gasteiger partial charge in [-0.2, -0.15) is 0 Å². The van der Waals surface area contributed by atoms with Crippen LogP contribution >= 0.6 is 0 Å². The number of nitrogens with zero attached hydrogens (tertiary/aromatic N) is 1. The number of carbonyl (C=O) groups is 2. The third kappa shape index (κ3) is 3.35. The first-order chi connectivity index (χ1) is 9.18. The first kappa shape index (κ1) is 13.1. The number of Topliss-reactive ketones (excluding diaryl/α,β-unsaturated/α-hetero) is 2. The number of benzene rings is 1. The van der Waals surface area contributed by atoms with Gasteiger partial charge in [0, 0.05) is 24.6 Å². The predicted octanol–water partition coefficient (Wildman–Crippen LogP) is 3.24. The van der Waals surface area contributed by atoms with Gasteiger partial charge in [0.05, 0.1) is 0 Å². The van der Waals surface area contributed by atoms with Crippen LogP contribution in [-0.4, -0.2) is 16.6 Å². The molecule has 0 aliphatic rings. The fraction of sp³-hybridized carbons (Fsp3) is 0.188. The summed E-state index contributed by atoms with van der Waals surface area (Å²) >= 11 is 0. The minimum atomic E-state index is -0.0811. The molecule has 0 aliphatic carbocycles. The van der Waals surface area contributed by atoms with Crippen LogP contribution in [0.4, 0.5) is 0 Å². The zero-order valence-corrected chi connectivity index (χ0v) is 10.8. The van der Waals surface area contributed by atoms with E-state index in [-0.39, 0.29) is 24.4 Å². The number of ketones is 2. The summed E-state index contributed by atoms with van der Waals surface area (Å²) in [5.41, 5.74) is 1.95. The van der Waals surface area contributed by atoms with Crippen molar-refractivity contribution in [2.45, 2.75) is 19.8 Å². The highest BCUT2D eigenvalue weighted by atomic mass is 16.1. The number of carbonyl (C=O) groups excluding carboxylic acids is 2. The topological polar surface area (TPSA) is 47.0 Å². The fourth-order valence-electron chi connectivity index (χ4n) is 1.89. The summed E-state index contributed by atoms with van der Waals surface area (Å²) in [6, 6.07) is 12.7. The molecule has 0 saturated heterocycles. The molecule has 2 rings (SSSR count). The van der Waals surface area contributed by atoms with Gasteiger partial charge in [-0.05, 0) is 18.6 Å². The van der Waals surface area contributed by atoms with Gasteiger partial charge in [0.25, 0.3) is 0 Å². The van der Waals surface area contributed by atoms with Crippen molar-refractivity contribution in [1.29, 1.82) is 0 Å². The highest BCUT2D eigenvalue weighted by molar-refractivity contribution is 6.01. The summed E-state index contributed by atoms with van der Waals surface area (Å²) in [5, 5.41) is 0. The van der Waals surface area contributed by atoms with Crippen LogP contribution in [0.2, 0.25) is 0 Å². The second kappa shape index (κ2) is 6.05. The Balaban J connectivity index is 1.98. The van der Waals surface area contributed by atoms with E-state index in [0.717, 1.165) is 5.56 Å². The predicted molar refractivity (Wildman–Crippen MR) is 73.3 cm³/mol. The van der Waals surface area contributed by atoms with Crippen molar-refractivity contribution >= 4 is 11.6 Å². The van der Waals surface area contributed by atoms with Crippen molar-refractivity contribution < 1.29 is 9.59 Å². The molecular formula is C16H15NO2. The van der Waals surface area contributed by atoms with Crippen molar-refractivity contribution in [1.82, 2.24) is 4.98 Å². The molecule has 0 unspecified atom stereocenters. The van der Waals surface area contributed by atoms with Crippen molar-refractivity contribution in [3.05, 3.63) is 65.5 Å². The largest absolute Gasteiger partial charge is 0.294 e. The second-order valence-corrected chi connectivity index (χ2v) is 4.38. The van der Waals surface area contributed by atoms with Gasteiger partial charge in [0.2, 0.25) is 0 Å². The molecule has 0 atom stereocenters. The maximum atomic E-state index is 12.0. The van der Waals surface area contributed by atoms with Gasteiger partial charge in [0.1, 0.15) is 5.69 Å². The summed E-state index contributed by atoms with van der Waals surface area (Å²) < 4.78 is 0. The molecule has 2 aromatic rings. The average Bonchev–Trinajstić information content (AvgIpc) is 2.46. The fourth-order valence-corrected chi connectivity index (χ4v) is 1.89. The van der Waals surface area contributed by atoms with E-state index in [4.69, 9.17) is 0 Å². The Morgan fingerprint density at radius 3 is 2.32 bits per heavy atom. The monoisotopic (exact) mass is 253 g/mol. The van der Waals surface area contributed by atoms with Crippen LogP contribution in [0.1, 0.15) is 39.3 Å². The minimum Gasteiger partial charge on any atom is -0.294 e. The Hall–Kier alpha value is -2.29. The highest BCUT2D eigenvalue weighted by Gasteiger charge is 2.13. The molecule has 0 bridgehead atoms. The molecule has 0 saturated carbocycles. The molecule has 0 aliphatic heterocycles. The van der Waals surface area contributed by atoms with Gasteiger partial charge in [-0.1, -0.05) is 36.4 Å². The number of aromatic nitrogens is 1. The molecule has 0 radical (unpaired) electrons. The van der Waals surface area contributed by atoms with Gasteiger partial charge >= 0.3 is 0 Å².